The summed E-state index contributed by atoms with van der Waals surface area (Å²) in [5, 5.41) is 9.45. The van der Waals surface area contributed by atoms with Gasteiger partial charge in [0.2, 0.25) is 0 Å². The van der Waals surface area contributed by atoms with E-state index in [0.717, 1.165) is 6.54 Å². The monoisotopic (exact) mass is 205 g/mol. The minimum Gasteiger partial charge on any atom is -0.508 e. The molecule has 0 radical (unpaired) electrons. The molecular weight excluding hydrogens is 186 g/mol. The minimum absolute atomic E-state index is 0.388. The van der Waals surface area contributed by atoms with E-state index in [1.54, 1.807) is 6.07 Å². The molecule has 2 atom stereocenters. The summed E-state index contributed by atoms with van der Waals surface area (Å²) in [4.78, 5) is 2.40. The third kappa shape index (κ3) is 2.32. The molecule has 0 bridgehead atoms. The van der Waals surface area contributed by atoms with Crippen LogP contribution in [0.15, 0.2) is 24.3 Å². The summed E-state index contributed by atoms with van der Waals surface area (Å²) in [6.45, 7) is 3.43. The number of piperidine rings is 1. The van der Waals surface area contributed by atoms with Gasteiger partial charge in [-0.05, 0) is 57.0 Å². The molecule has 1 saturated heterocycles. The molecule has 1 aliphatic rings. The molecule has 0 aromatic heterocycles. The fourth-order valence-electron chi connectivity index (χ4n) is 2.37. The Morgan fingerprint density at radius 2 is 2.20 bits per heavy atom. The van der Waals surface area contributed by atoms with Gasteiger partial charge in [0, 0.05) is 6.04 Å². The van der Waals surface area contributed by atoms with Crippen molar-refractivity contribution in [1.29, 1.82) is 0 Å². The number of rotatable bonds is 1. The quantitative estimate of drug-likeness (QED) is 0.761. The van der Waals surface area contributed by atoms with Crippen molar-refractivity contribution in [3.63, 3.8) is 0 Å². The van der Waals surface area contributed by atoms with Gasteiger partial charge in [0.25, 0.3) is 0 Å². The van der Waals surface area contributed by atoms with E-state index < -0.39 is 0 Å². The van der Waals surface area contributed by atoms with Crippen LogP contribution in [-0.4, -0.2) is 29.6 Å². The predicted octanol–water partition coefficient (Wildman–Crippen LogP) is 2.59. The van der Waals surface area contributed by atoms with E-state index in [1.165, 1.54) is 18.4 Å². The van der Waals surface area contributed by atoms with Crippen molar-refractivity contribution >= 4 is 0 Å². The van der Waals surface area contributed by atoms with E-state index in [4.69, 9.17) is 0 Å². The van der Waals surface area contributed by atoms with Gasteiger partial charge in [0.05, 0.1) is 0 Å². The van der Waals surface area contributed by atoms with Crippen LogP contribution in [0, 0.1) is 0 Å². The summed E-state index contributed by atoms with van der Waals surface area (Å²) in [6.07, 6.45) is 2.39. The van der Waals surface area contributed by atoms with Crippen LogP contribution in [0.2, 0.25) is 0 Å². The zero-order chi connectivity index (χ0) is 10.8. The second-order valence-corrected chi connectivity index (χ2v) is 4.65. The molecule has 1 fully saturated rings. The summed E-state index contributed by atoms with van der Waals surface area (Å²) in [5.74, 6) is 1.00. The topological polar surface area (TPSA) is 23.5 Å². The Bertz CT molecular complexity index is 337. The highest BCUT2D eigenvalue weighted by molar-refractivity contribution is 5.30. The van der Waals surface area contributed by atoms with Gasteiger partial charge in [-0.2, -0.15) is 0 Å². The van der Waals surface area contributed by atoms with Crippen LogP contribution in [-0.2, 0) is 0 Å². The van der Waals surface area contributed by atoms with Gasteiger partial charge in [0.1, 0.15) is 5.75 Å². The first-order chi connectivity index (χ1) is 7.16. The van der Waals surface area contributed by atoms with Crippen molar-refractivity contribution in [3.8, 4) is 5.75 Å². The van der Waals surface area contributed by atoms with E-state index in [9.17, 15) is 5.11 Å². The summed E-state index contributed by atoms with van der Waals surface area (Å²) < 4.78 is 0. The Kier molecular flexibility index (Phi) is 2.96. The number of likely N-dealkylation sites (tertiary alicyclic amines) is 1. The first-order valence-electron chi connectivity index (χ1n) is 5.66. The highest BCUT2D eigenvalue weighted by Gasteiger charge is 2.23. The van der Waals surface area contributed by atoms with E-state index in [-0.39, 0.29) is 0 Å². The Morgan fingerprint density at radius 3 is 2.87 bits per heavy atom. The summed E-state index contributed by atoms with van der Waals surface area (Å²) in [6, 6.07) is 8.35. The van der Waals surface area contributed by atoms with Crippen LogP contribution in [0.5, 0.6) is 5.75 Å². The summed E-state index contributed by atoms with van der Waals surface area (Å²) >= 11 is 0. The second kappa shape index (κ2) is 4.23. The van der Waals surface area contributed by atoms with Crippen LogP contribution < -0.4 is 0 Å². The molecule has 15 heavy (non-hydrogen) atoms. The molecule has 0 spiro atoms. The number of hydrogen-bond acceptors (Lipinski definition) is 2. The lowest BCUT2D eigenvalue weighted by Crippen LogP contribution is -2.36. The van der Waals surface area contributed by atoms with Crippen molar-refractivity contribution in [2.24, 2.45) is 0 Å². The molecule has 0 aliphatic carbocycles. The molecular formula is C13H19NO. The first-order valence-corrected chi connectivity index (χ1v) is 5.66. The van der Waals surface area contributed by atoms with Gasteiger partial charge in [-0.3, -0.25) is 0 Å². The van der Waals surface area contributed by atoms with Crippen molar-refractivity contribution < 1.29 is 5.11 Å². The van der Waals surface area contributed by atoms with E-state index in [1.807, 2.05) is 12.1 Å². The highest BCUT2D eigenvalue weighted by atomic mass is 16.3. The van der Waals surface area contributed by atoms with Crippen LogP contribution in [0.25, 0.3) is 0 Å². The fourth-order valence-corrected chi connectivity index (χ4v) is 2.37. The number of phenolic OH excluding ortho intramolecular Hbond substituents is 1. The SMILES string of the molecule is C[C@@H]1C[C@@H](c2cccc(O)c2)CCN1C. The standard InChI is InChI=1S/C13H19NO/c1-10-8-12(6-7-14(10)2)11-4-3-5-13(15)9-11/h3-5,9-10,12,15H,6-8H2,1-2H3/t10-,12+/m1/s1. The minimum atomic E-state index is 0.388. The summed E-state index contributed by atoms with van der Waals surface area (Å²) in [7, 11) is 2.18. The maximum absolute atomic E-state index is 9.45. The van der Waals surface area contributed by atoms with E-state index >= 15 is 0 Å². The number of phenols is 1. The maximum Gasteiger partial charge on any atom is 0.115 e. The number of benzene rings is 1. The van der Waals surface area contributed by atoms with Crippen molar-refractivity contribution in [2.45, 2.75) is 31.7 Å². The van der Waals surface area contributed by atoms with Gasteiger partial charge < -0.3 is 10.0 Å². The van der Waals surface area contributed by atoms with Crippen molar-refractivity contribution in [1.82, 2.24) is 4.90 Å². The lowest BCUT2D eigenvalue weighted by atomic mass is 9.86. The van der Waals surface area contributed by atoms with Gasteiger partial charge in [-0.1, -0.05) is 12.1 Å². The number of hydrogen-bond donors (Lipinski definition) is 1. The Morgan fingerprint density at radius 1 is 1.40 bits per heavy atom. The molecule has 1 aliphatic heterocycles. The van der Waals surface area contributed by atoms with E-state index in [0.29, 0.717) is 17.7 Å². The Labute approximate surface area is 91.5 Å². The molecule has 1 aromatic rings. The van der Waals surface area contributed by atoms with Gasteiger partial charge in [0.15, 0.2) is 0 Å². The molecule has 1 heterocycles. The lowest BCUT2D eigenvalue weighted by molar-refractivity contribution is 0.182. The largest absolute Gasteiger partial charge is 0.508 e. The van der Waals surface area contributed by atoms with Gasteiger partial charge in [-0.15, -0.1) is 0 Å². The first kappa shape index (κ1) is 10.5. The third-order valence-electron chi connectivity index (χ3n) is 3.55. The molecule has 0 amide bonds. The second-order valence-electron chi connectivity index (χ2n) is 4.65. The molecule has 1 aromatic carbocycles. The smallest absolute Gasteiger partial charge is 0.115 e. The van der Waals surface area contributed by atoms with Crippen molar-refractivity contribution in [2.75, 3.05) is 13.6 Å². The molecule has 2 nitrogen and oxygen atoms in total. The average Bonchev–Trinajstić information content (AvgIpc) is 2.22. The summed E-state index contributed by atoms with van der Waals surface area (Å²) in [5.41, 5.74) is 1.29. The lowest BCUT2D eigenvalue weighted by Gasteiger charge is -2.35. The Hall–Kier alpha value is -1.02. The predicted molar refractivity (Wildman–Crippen MR) is 62.2 cm³/mol. The number of aromatic hydroxyl groups is 1. The third-order valence-corrected chi connectivity index (χ3v) is 3.55. The molecule has 0 saturated carbocycles. The molecule has 2 heteroatoms. The van der Waals surface area contributed by atoms with Gasteiger partial charge in [-0.25, -0.2) is 0 Å². The van der Waals surface area contributed by atoms with Crippen LogP contribution >= 0.6 is 0 Å². The Balaban J connectivity index is 2.12. The van der Waals surface area contributed by atoms with Crippen LogP contribution in [0.3, 0.4) is 0 Å². The number of nitrogens with zero attached hydrogens (tertiary/aromatic N) is 1. The molecule has 2 rings (SSSR count). The molecule has 1 N–H and O–H groups in total. The van der Waals surface area contributed by atoms with Gasteiger partial charge >= 0.3 is 0 Å². The molecule has 0 unspecified atom stereocenters. The molecule has 82 valence electrons. The van der Waals surface area contributed by atoms with E-state index in [2.05, 4.69) is 24.9 Å². The highest BCUT2D eigenvalue weighted by Crippen LogP contribution is 2.31. The zero-order valence-corrected chi connectivity index (χ0v) is 9.48. The fraction of sp³-hybridized carbons (Fsp3) is 0.538. The average molecular weight is 205 g/mol. The van der Waals surface area contributed by atoms with Crippen LogP contribution in [0.1, 0.15) is 31.2 Å². The normalized spacial score (nSPS) is 27.9. The van der Waals surface area contributed by atoms with Crippen LogP contribution in [0.4, 0.5) is 0 Å². The van der Waals surface area contributed by atoms with Crippen molar-refractivity contribution in [3.05, 3.63) is 29.8 Å². The zero-order valence-electron chi connectivity index (χ0n) is 9.48. The maximum atomic E-state index is 9.45.